The fourth-order valence-corrected chi connectivity index (χ4v) is 1.90. The zero-order chi connectivity index (χ0) is 7.68. The highest BCUT2D eigenvalue weighted by Gasteiger charge is 2.18. The van der Waals surface area contributed by atoms with Crippen LogP contribution in [0.5, 0.6) is 0 Å². The van der Waals surface area contributed by atoms with Crippen LogP contribution in [0.4, 0.5) is 0 Å². The summed E-state index contributed by atoms with van der Waals surface area (Å²) in [6, 6.07) is 0. The molecule has 11 heavy (non-hydrogen) atoms. The Labute approximate surface area is 66.8 Å². The molecule has 0 heterocycles. The summed E-state index contributed by atoms with van der Waals surface area (Å²) < 4.78 is 0. The molecule has 0 aromatic carbocycles. The Morgan fingerprint density at radius 1 is 1.18 bits per heavy atom. The van der Waals surface area contributed by atoms with Gasteiger partial charge in [0.15, 0.2) is 5.78 Å². The van der Waals surface area contributed by atoms with E-state index in [0.29, 0.717) is 0 Å². The topological polar surface area (TPSA) is 17.1 Å². The fourth-order valence-electron chi connectivity index (χ4n) is 1.90. The molecule has 0 spiro atoms. The van der Waals surface area contributed by atoms with Crippen LogP contribution in [0, 0.1) is 0 Å². The van der Waals surface area contributed by atoms with Crippen molar-refractivity contribution in [1.29, 1.82) is 0 Å². The second kappa shape index (κ2) is 2.65. The van der Waals surface area contributed by atoms with Crippen molar-refractivity contribution >= 4 is 5.78 Å². The summed E-state index contributed by atoms with van der Waals surface area (Å²) >= 11 is 0. The minimum Gasteiger partial charge on any atom is -0.290 e. The molecule has 0 N–H and O–H groups in total. The molecule has 0 aromatic heterocycles. The molecule has 0 radical (unpaired) electrons. The summed E-state index contributed by atoms with van der Waals surface area (Å²) in [6.45, 7) is 0. The highest BCUT2D eigenvalue weighted by atomic mass is 16.1. The van der Waals surface area contributed by atoms with Crippen molar-refractivity contribution in [3.05, 3.63) is 23.3 Å². The summed E-state index contributed by atoms with van der Waals surface area (Å²) in [5.74, 6) is 0.269. The highest BCUT2D eigenvalue weighted by Crippen LogP contribution is 2.30. The van der Waals surface area contributed by atoms with Gasteiger partial charge < -0.3 is 0 Å². The van der Waals surface area contributed by atoms with Crippen LogP contribution in [-0.2, 0) is 4.79 Å². The van der Waals surface area contributed by atoms with Gasteiger partial charge in [-0.1, -0.05) is 11.6 Å². The van der Waals surface area contributed by atoms with Gasteiger partial charge in [-0.15, -0.1) is 0 Å². The maximum Gasteiger partial charge on any atom is 0.181 e. The minimum atomic E-state index is 0.269. The highest BCUT2D eigenvalue weighted by molar-refractivity contribution is 6.05. The number of ketones is 1. The van der Waals surface area contributed by atoms with Crippen molar-refractivity contribution in [3.8, 4) is 0 Å². The number of rotatable bonds is 0. The molecule has 2 aliphatic rings. The monoisotopic (exact) mass is 148 g/mol. The van der Waals surface area contributed by atoms with E-state index in [1.54, 1.807) is 6.08 Å². The van der Waals surface area contributed by atoms with Gasteiger partial charge in [0.1, 0.15) is 0 Å². The average molecular weight is 148 g/mol. The van der Waals surface area contributed by atoms with Gasteiger partial charge in [-0.05, 0) is 43.8 Å². The van der Waals surface area contributed by atoms with Crippen LogP contribution in [-0.4, -0.2) is 5.78 Å². The zero-order valence-corrected chi connectivity index (χ0v) is 6.60. The molecule has 0 fully saturated rings. The first-order chi connectivity index (χ1) is 5.38. The zero-order valence-electron chi connectivity index (χ0n) is 6.60. The molecular weight excluding hydrogens is 136 g/mol. The predicted molar refractivity (Wildman–Crippen MR) is 44.3 cm³/mol. The molecule has 0 saturated heterocycles. The Bertz CT molecular complexity index is 246. The molecule has 0 bridgehead atoms. The lowest BCUT2D eigenvalue weighted by Crippen LogP contribution is -2.10. The summed E-state index contributed by atoms with van der Waals surface area (Å²) in [7, 11) is 0. The van der Waals surface area contributed by atoms with Crippen LogP contribution in [0.25, 0.3) is 0 Å². The first-order valence-electron chi connectivity index (χ1n) is 4.30. The number of hydrogen-bond acceptors (Lipinski definition) is 1. The molecule has 0 saturated carbocycles. The molecule has 0 unspecified atom stereocenters. The molecule has 2 rings (SSSR count). The van der Waals surface area contributed by atoms with Crippen molar-refractivity contribution in [2.45, 2.75) is 32.1 Å². The van der Waals surface area contributed by atoms with E-state index in [2.05, 4.69) is 0 Å². The van der Waals surface area contributed by atoms with Gasteiger partial charge in [-0.2, -0.15) is 0 Å². The Morgan fingerprint density at radius 2 is 2.00 bits per heavy atom. The lowest BCUT2D eigenvalue weighted by Gasteiger charge is -2.19. The minimum absolute atomic E-state index is 0.269. The fraction of sp³-hybridized carbons (Fsp3) is 0.500. The van der Waals surface area contributed by atoms with E-state index < -0.39 is 0 Å². The number of carbonyl (C=O) groups excluding carboxylic acids is 1. The largest absolute Gasteiger partial charge is 0.290 e. The van der Waals surface area contributed by atoms with E-state index >= 15 is 0 Å². The van der Waals surface area contributed by atoms with Gasteiger partial charge in [-0.3, -0.25) is 4.79 Å². The Hall–Kier alpha value is -0.850. The first-order valence-corrected chi connectivity index (χ1v) is 4.30. The van der Waals surface area contributed by atoms with Gasteiger partial charge in [0.2, 0.25) is 0 Å². The molecule has 1 heteroatoms. The molecule has 0 atom stereocenters. The first kappa shape index (κ1) is 6.84. The van der Waals surface area contributed by atoms with E-state index in [0.717, 1.165) is 24.8 Å². The van der Waals surface area contributed by atoms with E-state index in [1.807, 2.05) is 6.08 Å². The van der Waals surface area contributed by atoms with Crippen molar-refractivity contribution in [1.82, 2.24) is 0 Å². The van der Waals surface area contributed by atoms with Crippen LogP contribution in [0.3, 0.4) is 0 Å². The van der Waals surface area contributed by atoms with Gasteiger partial charge in [0.25, 0.3) is 0 Å². The lowest BCUT2D eigenvalue weighted by atomic mass is 9.85. The molecule has 1 nitrogen and oxygen atoms in total. The van der Waals surface area contributed by atoms with Crippen LogP contribution >= 0.6 is 0 Å². The van der Waals surface area contributed by atoms with Crippen molar-refractivity contribution < 1.29 is 4.79 Å². The summed E-state index contributed by atoms with van der Waals surface area (Å²) in [5.41, 5.74) is 2.53. The Morgan fingerprint density at radius 3 is 2.82 bits per heavy atom. The van der Waals surface area contributed by atoms with Gasteiger partial charge in [0, 0.05) is 0 Å². The van der Waals surface area contributed by atoms with Crippen LogP contribution in [0.1, 0.15) is 32.1 Å². The van der Waals surface area contributed by atoms with Crippen LogP contribution in [0.2, 0.25) is 0 Å². The van der Waals surface area contributed by atoms with E-state index in [-0.39, 0.29) is 5.78 Å². The average Bonchev–Trinajstić information content (AvgIpc) is 2.06. The van der Waals surface area contributed by atoms with Crippen molar-refractivity contribution in [2.75, 3.05) is 0 Å². The third kappa shape index (κ3) is 1.15. The second-order valence-electron chi connectivity index (χ2n) is 3.26. The molecule has 0 aromatic rings. The van der Waals surface area contributed by atoms with Crippen molar-refractivity contribution in [3.63, 3.8) is 0 Å². The molecular formula is C10H12O. The van der Waals surface area contributed by atoms with E-state index in [4.69, 9.17) is 0 Å². The number of carbonyl (C=O) groups is 1. The molecule has 0 aliphatic heterocycles. The molecule has 58 valence electrons. The summed E-state index contributed by atoms with van der Waals surface area (Å²) in [4.78, 5) is 11.3. The third-order valence-electron chi connectivity index (χ3n) is 2.51. The van der Waals surface area contributed by atoms with E-state index in [9.17, 15) is 4.79 Å². The maximum atomic E-state index is 11.3. The standard InChI is InChI=1S/C10H12O/c11-10-7-3-5-8-4-1-2-6-9(8)10/h3,7H,1-2,4-6H2. The predicted octanol–water partition coefficient (Wildman–Crippen LogP) is 2.39. The quantitative estimate of drug-likeness (QED) is 0.515. The molecule has 2 aliphatic carbocycles. The van der Waals surface area contributed by atoms with Gasteiger partial charge in [0.05, 0.1) is 0 Å². The lowest BCUT2D eigenvalue weighted by molar-refractivity contribution is -0.111. The number of allylic oxidation sites excluding steroid dienone is 4. The smallest absolute Gasteiger partial charge is 0.181 e. The van der Waals surface area contributed by atoms with Gasteiger partial charge in [-0.25, -0.2) is 0 Å². The molecule has 0 amide bonds. The summed E-state index contributed by atoms with van der Waals surface area (Å²) in [6.07, 6.45) is 9.42. The third-order valence-corrected chi connectivity index (χ3v) is 2.51. The van der Waals surface area contributed by atoms with Crippen LogP contribution in [0.15, 0.2) is 23.3 Å². The van der Waals surface area contributed by atoms with Gasteiger partial charge >= 0.3 is 0 Å². The SMILES string of the molecule is O=C1C=CCC2=C1CCCC2. The van der Waals surface area contributed by atoms with Crippen molar-refractivity contribution in [2.24, 2.45) is 0 Å². The Balaban J connectivity index is 2.30. The van der Waals surface area contributed by atoms with Crippen LogP contribution < -0.4 is 0 Å². The number of hydrogen-bond donors (Lipinski definition) is 0. The van der Waals surface area contributed by atoms with E-state index in [1.165, 1.54) is 18.4 Å². The second-order valence-corrected chi connectivity index (χ2v) is 3.26. The normalized spacial score (nSPS) is 23.8. The maximum absolute atomic E-state index is 11.3. The Kier molecular flexibility index (Phi) is 1.65. The summed E-state index contributed by atoms with van der Waals surface area (Å²) in [5, 5.41) is 0.